The Hall–Kier alpha value is -1.82. The van der Waals surface area contributed by atoms with Gasteiger partial charge in [-0.1, -0.05) is 30.1 Å². The number of sulfonamides is 1. The van der Waals surface area contributed by atoms with Crippen molar-refractivity contribution in [3.05, 3.63) is 41.7 Å². The van der Waals surface area contributed by atoms with Crippen LogP contribution in [-0.4, -0.2) is 13.6 Å². The number of hydrogen-bond donors (Lipinski definition) is 1. The van der Waals surface area contributed by atoms with E-state index < -0.39 is 10.0 Å². The van der Waals surface area contributed by atoms with Crippen LogP contribution in [0.15, 0.2) is 39.8 Å². The Morgan fingerprint density at radius 1 is 1.19 bits per heavy atom. The average Bonchev–Trinajstić information content (AvgIpc) is 3.10. The first-order valence-electron chi connectivity index (χ1n) is 7.11. The third-order valence-electron chi connectivity index (χ3n) is 3.88. The molecule has 1 heterocycles. The molecular formula is C15H18N2O3S. The molecule has 112 valence electrons. The first-order chi connectivity index (χ1) is 10.0. The minimum atomic E-state index is -3.61. The molecule has 1 saturated carbocycles. The molecule has 6 heteroatoms. The molecule has 0 bridgehead atoms. The molecule has 1 aliphatic carbocycles. The molecule has 5 nitrogen and oxygen atoms in total. The zero-order valence-electron chi connectivity index (χ0n) is 11.9. The van der Waals surface area contributed by atoms with Crippen LogP contribution in [0.5, 0.6) is 0 Å². The monoisotopic (exact) mass is 306 g/mol. The maximum absolute atomic E-state index is 12.3. The van der Waals surface area contributed by atoms with E-state index in [2.05, 4.69) is 9.88 Å². The van der Waals surface area contributed by atoms with E-state index in [0.717, 1.165) is 0 Å². The molecule has 0 unspecified atom stereocenters. The van der Waals surface area contributed by atoms with E-state index in [1.54, 1.807) is 25.1 Å². The molecule has 0 amide bonds. The Labute approximate surface area is 124 Å². The number of nitrogens with one attached hydrogen (secondary N) is 1. The fourth-order valence-corrected chi connectivity index (χ4v) is 3.77. The van der Waals surface area contributed by atoms with Gasteiger partial charge >= 0.3 is 0 Å². The van der Waals surface area contributed by atoms with Gasteiger partial charge in [-0.25, -0.2) is 8.42 Å². The second-order valence-corrected chi connectivity index (χ2v) is 7.16. The van der Waals surface area contributed by atoms with Gasteiger partial charge in [0.25, 0.3) is 10.0 Å². The number of anilines is 1. The highest BCUT2D eigenvalue weighted by molar-refractivity contribution is 7.92. The van der Waals surface area contributed by atoms with Crippen molar-refractivity contribution in [3.8, 4) is 0 Å². The molecule has 1 aromatic carbocycles. The van der Waals surface area contributed by atoms with Crippen LogP contribution < -0.4 is 4.72 Å². The first-order valence-corrected chi connectivity index (χ1v) is 8.59. The minimum Gasteiger partial charge on any atom is -0.360 e. The van der Waals surface area contributed by atoms with E-state index in [1.165, 1.54) is 31.2 Å². The normalized spacial score (nSPS) is 16.2. The van der Waals surface area contributed by atoms with Crippen molar-refractivity contribution in [2.75, 3.05) is 4.72 Å². The van der Waals surface area contributed by atoms with Crippen LogP contribution >= 0.6 is 0 Å². The van der Waals surface area contributed by atoms with E-state index in [0.29, 0.717) is 11.7 Å². The van der Waals surface area contributed by atoms with Gasteiger partial charge in [-0.3, -0.25) is 4.72 Å². The zero-order chi connectivity index (χ0) is 14.9. The summed E-state index contributed by atoms with van der Waals surface area (Å²) in [6.45, 7) is 1.71. The zero-order valence-corrected chi connectivity index (χ0v) is 12.7. The average molecular weight is 306 g/mol. The third kappa shape index (κ3) is 3.10. The van der Waals surface area contributed by atoms with Gasteiger partial charge in [0, 0.05) is 6.07 Å². The molecule has 0 spiro atoms. The molecule has 0 atom stereocenters. The number of rotatable bonds is 4. The van der Waals surface area contributed by atoms with Crippen molar-refractivity contribution in [1.82, 2.24) is 5.16 Å². The predicted molar refractivity (Wildman–Crippen MR) is 79.7 cm³/mol. The van der Waals surface area contributed by atoms with Gasteiger partial charge in [0.15, 0.2) is 5.82 Å². The summed E-state index contributed by atoms with van der Waals surface area (Å²) >= 11 is 0. The number of hydrogen-bond acceptors (Lipinski definition) is 4. The van der Waals surface area contributed by atoms with Crippen LogP contribution in [0.4, 0.5) is 5.82 Å². The van der Waals surface area contributed by atoms with Gasteiger partial charge in [-0.15, -0.1) is 0 Å². The lowest BCUT2D eigenvalue weighted by Crippen LogP contribution is -2.13. The fourth-order valence-electron chi connectivity index (χ4n) is 2.79. The molecular weight excluding hydrogens is 288 g/mol. The number of aryl methyl sites for hydroxylation is 1. The number of nitrogens with zero attached hydrogens (tertiary/aromatic N) is 1. The SMILES string of the molecule is Cc1cc(NS(=O)(=O)c2ccc(C3CCCC3)cc2)no1. The van der Waals surface area contributed by atoms with E-state index in [-0.39, 0.29) is 10.7 Å². The summed E-state index contributed by atoms with van der Waals surface area (Å²) < 4.78 is 31.8. The lowest BCUT2D eigenvalue weighted by atomic mass is 9.98. The molecule has 0 radical (unpaired) electrons. The summed E-state index contributed by atoms with van der Waals surface area (Å²) in [4.78, 5) is 0.241. The van der Waals surface area contributed by atoms with Crippen LogP contribution in [0.25, 0.3) is 0 Å². The second-order valence-electron chi connectivity index (χ2n) is 5.48. The van der Waals surface area contributed by atoms with E-state index in [9.17, 15) is 8.42 Å². The number of aromatic nitrogens is 1. The molecule has 0 saturated heterocycles. The summed E-state index contributed by atoms with van der Waals surface area (Å²) in [6, 6.07) is 8.69. The van der Waals surface area contributed by atoms with E-state index in [1.807, 2.05) is 12.1 Å². The lowest BCUT2D eigenvalue weighted by molar-refractivity contribution is 0.400. The topological polar surface area (TPSA) is 72.2 Å². The molecule has 1 fully saturated rings. The largest absolute Gasteiger partial charge is 0.360 e. The van der Waals surface area contributed by atoms with Gasteiger partial charge in [0.1, 0.15) is 5.76 Å². The Morgan fingerprint density at radius 2 is 1.86 bits per heavy atom. The van der Waals surface area contributed by atoms with Crippen LogP contribution in [0, 0.1) is 6.92 Å². The highest BCUT2D eigenvalue weighted by Gasteiger charge is 2.19. The summed E-state index contributed by atoms with van der Waals surface area (Å²) in [5.74, 6) is 1.34. The summed E-state index contributed by atoms with van der Waals surface area (Å²) in [7, 11) is -3.61. The maximum Gasteiger partial charge on any atom is 0.263 e. The van der Waals surface area contributed by atoms with E-state index in [4.69, 9.17) is 4.52 Å². The standard InChI is InChI=1S/C15H18N2O3S/c1-11-10-15(16-20-11)17-21(18,19)14-8-6-13(7-9-14)12-4-2-3-5-12/h6-10,12H,2-5H2,1H3,(H,16,17). The van der Waals surface area contributed by atoms with Gasteiger partial charge in [-0.05, 0) is 43.4 Å². The van der Waals surface area contributed by atoms with Crippen LogP contribution in [0.3, 0.4) is 0 Å². The van der Waals surface area contributed by atoms with Crippen LogP contribution in [-0.2, 0) is 10.0 Å². The van der Waals surface area contributed by atoms with Gasteiger partial charge in [0.05, 0.1) is 4.90 Å². The summed E-state index contributed by atoms with van der Waals surface area (Å²) in [6.07, 6.45) is 4.92. The van der Waals surface area contributed by atoms with Crippen molar-refractivity contribution in [2.45, 2.75) is 43.4 Å². The lowest BCUT2D eigenvalue weighted by Gasteiger charge is -2.10. The van der Waals surface area contributed by atoms with Crippen molar-refractivity contribution in [1.29, 1.82) is 0 Å². The molecule has 3 rings (SSSR count). The summed E-state index contributed by atoms with van der Waals surface area (Å²) in [5, 5.41) is 3.64. The quantitative estimate of drug-likeness (QED) is 0.939. The molecule has 2 aromatic rings. The maximum atomic E-state index is 12.3. The highest BCUT2D eigenvalue weighted by Crippen LogP contribution is 2.34. The Bertz CT molecular complexity index is 714. The molecule has 1 N–H and O–H groups in total. The third-order valence-corrected chi connectivity index (χ3v) is 5.25. The molecule has 0 aliphatic heterocycles. The van der Waals surface area contributed by atoms with Crippen LogP contribution in [0.2, 0.25) is 0 Å². The molecule has 1 aromatic heterocycles. The Morgan fingerprint density at radius 3 is 2.43 bits per heavy atom. The van der Waals surface area contributed by atoms with Gasteiger partial charge in [-0.2, -0.15) is 0 Å². The fraction of sp³-hybridized carbons (Fsp3) is 0.400. The Kier molecular flexibility index (Phi) is 3.71. The predicted octanol–water partition coefficient (Wildman–Crippen LogP) is 3.44. The van der Waals surface area contributed by atoms with Crippen molar-refractivity contribution < 1.29 is 12.9 Å². The second kappa shape index (κ2) is 5.52. The smallest absolute Gasteiger partial charge is 0.263 e. The Balaban J connectivity index is 1.78. The van der Waals surface area contributed by atoms with Crippen LogP contribution in [0.1, 0.15) is 42.9 Å². The summed E-state index contributed by atoms with van der Waals surface area (Å²) in [5.41, 5.74) is 1.23. The highest BCUT2D eigenvalue weighted by atomic mass is 32.2. The van der Waals surface area contributed by atoms with E-state index >= 15 is 0 Å². The number of benzene rings is 1. The van der Waals surface area contributed by atoms with Gasteiger partial charge in [0.2, 0.25) is 0 Å². The van der Waals surface area contributed by atoms with Crippen molar-refractivity contribution in [2.24, 2.45) is 0 Å². The molecule has 1 aliphatic rings. The first kappa shape index (κ1) is 14.1. The molecule has 21 heavy (non-hydrogen) atoms. The van der Waals surface area contributed by atoms with Crippen molar-refractivity contribution >= 4 is 15.8 Å². The van der Waals surface area contributed by atoms with Gasteiger partial charge < -0.3 is 4.52 Å². The van der Waals surface area contributed by atoms with Crippen molar-refractivity contribution in [3.63, 3.8) is 0 Å². The minimum absolute atomic E-state index is 0.201.